The summed E-state index contributed by atoms with van der Waals surface area (Å²) in [4.78, 5) is 35.2. The molecular weight excluding hydrogens is 398 g/mol. The molecule has 0 bridgehead atoms. The molecule has 4 aromatic rings. The molecule has 0 spiro atoms. The highest BCUT2D eigenvalue weighted by Crippen LogP contribution is 2.34. The van der Waals surface area contributed by atoms with Gasteiger partial charge in [-0.2, -0.15) is 0 Å². The normalized spacial score (nSPS) is 10.7. The molecule has 3 heterocycles. The second-order valence-electron chi connectivity index (χ2n) is 5.80. The lowest BCUT2D eigenvalue weighted by Gasteiger charge is -2.09. The number of carbonyl (C=O) groups is 1. The summed E-state index contributed by atoms with van der Waals surface area (Å²) in [7, 11) is 0. The number of carbonyl (C=O) groups excluding carboxylic acids is 1. The number of hydrazine groups is 1. The van der Waals surface area contributed by atoms with Crippen LogP contribution in [0.4, 0.5) is 22.5 Å². The predicted octanol–water partition coefficient (Wildman–Crippen LogP) is 3.40. The number of anilines is 3. The Hall–Kier alpha value is -4.06. The molecule has 3 N–H and O–H groups in total. The van der Waals surface area contributed by atoms with Gasteiger partial charge < -0.3 is 9.73 Å². The van der Waals surface area contributed by atoms with Gasteiger partial charge in [0.1, 0.15) is 6.33 Å². The molecule has 3 aromatic heterocycles. The van der Waals surface area contributed by atoms with E-state index in [0.29, 0.717) is 5.13 Å². The van der Waals surface area contributed by atoms with Gasteiger partial charge in [0.05, 0.1) is 21.4 Å². The van der Waals surface area contributed by atoms with E-state index in [9.17, 15) is 14.9 Å². The average Bonchev–Trinajstić information content (AvgIpc) is 3.36. The van der Waals surface area contributed by atoms with Crippen LogP contribution in [-0.4, -0.2) is 25.8 Å². The number of para-hydroxylation sites is 1. The van der Waals surface area contributed by atoms with Crippen molar-refractivity contribution >= 4 is 49.9 Å². The smallest absolute Gasteiger partial charge is 0.355 e. The number of hydrogen-bond acceptors (Lipinski definition) is 10. The number of aryl methyl sites for hydroxylation is 1. The SMILES string of the molecule is Cc1cccc2sc(Nc3ncnc(NNC(=O)c4ccco4)c3[N+](=O)[O-])nc12. The number of nitrogens with one attached hydrogen (secondary N) is 3. The maximum absolute atomic E-state index is 12.0. The molecule has 1 aromatic carbocycles. The highest BCUT2D eigenvalue weighted by molar-refractivity contribution is 7.22. The van der Waals surface area contributed by atoms with Gasteiger partial charge in [0.15, 0.2) is 10.9 Å². The fraction of sp³-hybridized carbons (Fsp3) is 0.0588. The number of fused-ring (bicyclic) bond motifs is 1. The number of rotatable bonds is 6. The van der Waals surface area contributed by atoms with E-state index in [1.807, 2.05) is 25.1 Å². The number of nitrogens with zero attached hydrogens (tertiary/aromatic N) is 4. The largest absolute Gasteiger partial charge is 0.459 e. The van der Waals surface area contributed by atoms with Gasteiger partial charge in [0.25, 0.3) is 0 Å². The molecule has 0 aliphatic carbocycles. The number of aromatic nitrogens is 3. The van der Waals surface area contributed by atoms with Crippen LogP contribution in [0, 0.1) is 17.0 Å². The third kappa shape index (κ3) is 3.68. The monoisotopic (exact) mass is 411 g/mol. The van der Waals surface area contributed by atoms with E-state index in [4.69, 9.17) is 4.42 Å². The molecule has 0 radical (unpaired) electrons. The van der Waals surface area contributed by atoms with Gasteiger partial charge in [-0.1, -0.05) is 23.5 Å². The zero-order valence-corrected chi connectivity index (χ0v) is 15.7. The minimum Gasteiger partial charge on any atom is -0.459 e. The average molecular weight is 411 g/mol. The fourth-order valence-electron chi connectivity index (χ4n) is 2.56. The van der Waals surface area contributed by atoms with Crippen LogP contribution in [-0.2, 0) is 0 Å². The second kappa shape index (κ2) is 7.52. The molecule has 0 fully saturated rings. The quantitative estimate of drug-likeness (QED) is 0.320. The number of amides is 1. The molecule has 146 valence electrons. The summed E-state index contributed by atoms with van der Waals surface area (Å²) in [5.41, 5.74) is 6.09. The summed E-state index contributed by atoms with van der Waals surface area (Å²) in [6, 6.07) is 8.76. The zero-order valence-electron chi connectivity index (χ0n) is 14.9. The molecule has 0 saturated heterocycles. The van der Waals surface area contributed by atoms with E-state index in [-0.39, 0.29) is 17.4 Å². The lowest BCUT2D eigenvalue weighted by Crippen LogP contribution is -2.30. The summed E-state index contributed by atoms with van der Waals surface area (Å²) >= 11 is 1.34. The molecule has 0 saturated carbocycles. The number of nitro groups is 1. The van der Waals surface area contributed by atoms with Crippen molar-refractivity contribution in [3.63, 3.8) is 0 Å². The third-order valence-corrected chi connectivity index (χ3v) is 4.83. The van der Waals surface area contributed by atoms with Gasteiger partial charge in [-0.25, -0.2) is 15.0 Å². The van der Waals surface area contributed by atoms with Crippen LogP contribution < -0.4 is 16.2 Å². The van der Waals surface area contributed by atoms with Crippen LogP contribution in [0.1, 0.15) is 16.1 Å². The maximum Gasteiger partial charge on any atom is 0.355 e. The Morgan fingerprint density at radius 2 is 2.03 bits per heavy atom. The maximum atomic E-state index is 12.0. The molecule has 0 atom stereocenters. The van der Waals surface area contributed by atoms with Gasteiger partial charge >= 0.3 is 11.6 Å². The van der Waals surface area contributed by atoms with Crippen LogP contribution in [0.2, 0.25) is 0 Å². The first-order chi connectivity index (χ1) is 14.0. The van der Waals surface area contributed by atoms with Crippen LogP contribution in [0.15, 0.2) is 47.3 Å². The minimum absolute atomic E-state index is 0.0393. The number of furan rings is 1. The topological polar surface area (TPSA) is 148 Å². The Balaban J connectivity index is 1.61. The van der Waals surface area contributed by atoms with E-state index in [1.54, 1.807) is 6.07 Å². The first-order valence-electron chi connectivity index (χ1n) is 8.25. The fourth-order valence-corrected chi connectivity index (χ4v) is 3.50. The Kier molecular flexibility index (Phi) is 4.75. The van der Waals surface area contributed by atoms with E-state index in [0.717, 1.165) is 22.1 Å². The van der Waals surface area contributed by atoms with Crippen molar-refractivity contribution in [3.05, 3.63) is 64.4 Å². The molecule has 12 heteroatoms. The minimum atomic E-state index is -0.651. The van der Waals surface area contributed by atoms with Crippen LogP contribution in [0.3, 0.4) is 0 Å². The van der Waals surface area contributed by atoms with Gasteiger partial charge in [0, 0.05) is 0 Å². The molecule has 11 nitrogen and oxygen atoms in total. The molecule has 4 rings (SSSR count). The highest BCUT2D eigenvalue weighted by Gasteiger charge is 2.24. The van der Waals surface area contributed by atoms with Crippen LogP contribution in [0.5, 0.6) is 0 Å². The summed E-state index contributed by atoms with van der Waals surface area (Å²) in [6.07, 6.45) is 2.47. The Labute approximate surface area is 166 Å². The molecule has 0 aliphatic heterocycles. The lowest BCUT2D eigenvalue weighted by molar-refractivity contribution is -0.383. The Morgan fingerprint density at radius 1 is 1.21 bits per heavy atom. The third-order valence-electron chi connectivity index (χ3n) is 3.89. The van der Waals surface area contributed by atoms with E-state index in [1.165, 1.54) is 23.7 Å². The van der Waals surface area contributed by atoms with Gasteiger partial charge in [-0.3, -0.25) is 25.8 Å². The lowest BCUT2D eigenvalue weighted by atomic mass is 10.2. The van der Waals surface area contributed by atoms with Crippen LogP contribution >= 0.6 is 11.3 Å². The first-order valence-corrected chi connectivity index (χ1v) is 9.07. The van der Waals surface area contributed by atoms with E-state index < -0.39 is 16.5 Å². The summed E-state index contributed by atoms with van der Waals surface area (Å²) in [6.45, 7) is 1.93. The zero-order chi connectivity index (χ0) is 20.4. The van der Waals surface area contributed by atoms with Crippen molar-refractivity contribution < 1.29 is 14.1 Å². The number of hydrogen-bond donors (Lipinski definition) is 3. The van der Waals surface area contributed by atoms with Crippen molar-refractivity contribution in [2.45, 2.75) is 6.92 Å². The van der Waals surface area contributed by atoms with Crippen molar-refractivity contribution in [2.24, 2.45) is 0 Å². The standard InChI is InChI=1S/C17H13N7O4S/c1-9-4-2-6-11-12(9)20-17(29-11)21-14-13(24(26)27)15(19-8-18-14)22-23-16(25)10-5-3-7-28-10/h2-8H,1H3,(H,23,25)(H2,18,19,20,21,22). The first kappa shape index (κ1) is 18.3. The van der Waals surface area contributed by atoms with E-state index >= 15 is 0 Å². The van der Waals surface area contributed by atoms with Crippen LogP contribution in [0.25, 0.3) is 10.2 Å². The van der Waals surface area contributed by atoms with Crippen molar-refractivity contribution in [3.8, 4) is 0 Å². The molecule has 0 unspecified atom stereocenters. The number of thiazole rings is 1. The molecule has 29 heavy (non-hydrogen) atoms. The number of benzene rings is 1. The van der Waals surface area contributed by atoms with Gasteiger partial charge in [-0.15, -0.1) is 0 Å². The van der Waals surface area contributed by atoms with Crippen molar-refractivity contribution in [1.82, 2.24) is 20.4 Å². The van der Waals surface area contributed by atoms with Crippen molar-refractivity contribution in [1.29, 1.82) is 0 Å². The molecule has 1 amide bonds. The second-order valence-corrected chi connectivity index (χ2v) is 6.83. The predicted molar refractivity (Wildman–Crippen MR) is 106 cm³/mol. The summed E-state index contributed by atoms with van der Waals surface area (Å²) in [5, 5.41) is 14.9. The highest BCUT2D eigenvalue weighted by atomic mass is 32.1. The summed E-state index contributed by atoms with van der Waals surface area (Å²) < 4.78 is 5.90. The van der Waals surface area contributed by atoms with E-state index in [2.05, 4.69) is 31.1 Å². The summed E-state index contributed by atoms with van der Waals surface area (Å²) in [5.74, 6) is -0.822. The van der Waals surface area contributed by atoms with Crippen molar-refractivity contribution in [2.75, 3.05) is 10.7 Å². The van der Waals surface area contributed by atoms with Gasteiger partial charge in [0.2, 0.25) is 11.6 Å². The Bertz CT molecular complexity index is 1210. The molecular formula is C17H13N7O4S. The van der Waals surface area contributed by atoms with Gasteiger partial charge in [-0.05, 0) is 30.7 Å². The molecule has 0 aliphatic rings. The Morgan fingerprint density at radius 3 is 2.76 bits per heavy atom.